The zero-order valence-corrected chi connectivity index (χ0v) is 32.5. The molecule has 0 aliphatic heterocycles. The molecule has 6 nitrogen and oxygen atoms in total. The number of para-hydroxylation sites is 2. The van der Waals surface area contributed by atoms with Gasteiger partial charge in [-0.15, -0.1) is 0 Å². The van der Waals surface area contributed by atoms with Crippen LogP contribution in [0.15, 0.2) is 200 Å². The van der Waals surface area contributed by atoms with E-state index < -0.39 is 5.97 Å². The maximum Gasteiger partial charge on any atom is 0.344 e. The molecule has 0 aromatic heterocycles. The predicted octanol–water partition coefficient (Wildman–Crippen LogP) is 13.8. The second kappa shape index (κ2) is 17.0. The summed E-state index contributed by atoms with van der Waals surface area (Å²) >= 11 is 0. The highest BCUT2D eigenvalue weighted by molar-refractivity contribution is 6.05. The van der Waals surface area contributed by atoms with Gasteiger partial charge in [0.1, 0.15) is 11.5 Å². The molecule has 9 rings (SSSR count). The van der Waals surface area contributed by atoms with E-state index in [1.165, 1.54) is 0 Å². The summed E-state index contributed by atoms with van der Waals surface area (Å²) in [5, 5.41) is 1.86. The van der Waals surface area contributed by atoms with E-state index in [1.54, 1.807) is 6.07 Å². The molecule has 8 aromatic rings. The van der Waals surface area contributed by atoms with Crippen LogP contribution < -0.4 is 19.3 Å². The Bertz CT molecular complexity index is 2670. The van der Waals surface area contributed by atoms with E-state index in [0.717, 1.165) is 81.7 Å². The first-order chi connectivity index (χ1) is 29.1. The number of nitrogens with zero attached hydrogens (tertiary/aromatic N) is 2. The van der Waals surface area contributed by atoms with E-state index in [0.29, 0.717) is 17.1 Å². The fraction of sp³-hybridized carbons (Fsp3) is 0.0943. The molecule has 0 N–H and O–H groups in total. The molecule has 0 spiro atoms. The third-order valence-corrected chi connectivity index (χ3v) is 10.9. The summed E-state index contributed by atoms with van der Waals surface area (Å²) in [4.78, 5) is 30.3. The van der Waals surface area contributed by atoms with Crippen LogP contribution in [-0.2, 0) is 4.79 Å². The lowest BCUT2D eigenvalue weighted by molar-refractivity contribution is -0.138. The first-order valence-electron chi connectivity index (χ1n) is 20.1. The number of ether oxygens (including phenoxy) is 2. The number of carbonyl (C=O) groups is 2. The van der Waals surface area contributed by atoms with Crippen LogP contribution in [0, 0.1) is 5.92 Å². The standard InChI is InChI=1S/C53H42N2O4/c56-52(41-13-7-8-14-41)58-48-34-30-46(31-35-48)54(42-16-3-1-4-17-42)44-26-22-38(23-27-44)39-24-28-45(29-25-39)55(43-18-5-2-6-19-43)47-32-36-49(37-33-47)59-53(57)51-21-11-15-40-12-9-10-20-50(40)51/h1-6,9-12,15-37,41H,7-8,13-14H2. The largest absolute Gasteiger partial charge is 0.426 e. The molecule has 288 valence electrons. The van der Waals surface area contributed by atoms with Gasteiger partial charge in [-0.3, -0.25) is 4.79 Å². The lowest BCUT2D eigenvalue weighted by Crippen LogP contribution is -2.17. The van der Waals surface area contributed by atoms with Crippen molar-refractivity contribution >= 4 is 56.8 Å². The van der Waals surface area contributed by atoms with Gasteiger partial charge in [-0.05, 0) is 138 Å². The van der Waals surface area contributed by atoms with Gasteiger partial charge in [0, 0.05) is 34.1 Å². The van der Waals surface area contributed by atoms with Crippen LogP contribution in [0.2, 0.25) is 0 Å². The molecule has 0 radical (unpaired) electrons. The number of carbonyl (C=O) groups excluding carboxylic acids is 2. The maximum atomic E-state index is 13.2. The Labute approximate surface area is 344 Å². The number of hydrogen-bond donors (Lipinski definition) is 0. The summed E-state index contributed by atoms with van der Waals surface area (Å²) in [6.45, 7) is 0. The molecular weight excluding hydrogens is 729 g/mol. The second-order valence-electron chi connectivity index (χ2n) is 14.7. The van der Waals surface area contributed by atoms with Crippen molar-refractivity contribution in [1.29, 1.82) is 0 Å². The Balaban J connectivity index is 0.938. The average molecular weight is 771 g/mol. The summed E-state index contributed by atoms with van der Waals surface area (Å²) in [6, 6.07) is 66.4. The Kier molecular flexibility index (Phi) is 10.7. The first kappa shape index (κ1) is 37.2. The third-order valence-electron chi connectivity index (χ3n) is 10.9. The van der Waals surface area contributed by atoms with Crippen LogP contribution in [0.1, 0.15) is 36.0 Å². The summed E-state index contributed by atoms with van der Waals surface area (Å²) < 4.78 is 11.6. The third kappa shape index (κ3) is 8.20. The molecule has 0 bridgehead atoms. The maximum absolute atomic E-state index is 13.2. The van der Waals surface area contributed by atoms with Crippen molar-refractivity contribution in [3.8, 4) is 22.6 Å². The van der Waals surface area contributed by atoms with Gasteiger partial charge in [-0.2, -0.15) is 0 Å². The highest BCUT2D eigenvalue weighted by Crippen LogP contribution is 2.39. The van der Waals surface area contributed by atoms with Crippen LogP contribution in [0.5, 0.6) is 11.5 Å². The molecule has 59 heavy (non-hydrogen) atoms. The Hall–Kier alpha value is -7.44. The summed E-state index contributed by atoms with van der Waals surface area (Å²) in [6.07, 6.45) is 4.01. The van der Waals surface area contributed by atoms with Crippen molar-refractivity contribution in [2.75, 3.05) is 9.80 Å². The highest BCUT2D eigenvalue weighted by atomic mass is 16.5. The van der Waals surface area contributed by atoms with Crippen LogP contribution in [0.25, 0.3) is 21.9 Å². The molecule has 0 heterocycles. The van der Waals surface area contributed by atoms with E-state index in [-0.39, 0.29) is 11.9 Å². The van der Waals surface area contributed by atoms with Crippen molar-refractivity contribution in [3.63, 3.8) is 0 Å². The number of fused-ring (bicyclic) bond motifs is 1. The van der Waals surface area contributed by atoms with Crippen molar-refractivity contribution in [2.24, 2.45) is 5.92 Å². The first-order valence-corrected chi connectivity index (χ1v) is 20.1. The zero-order chi connectivity index (χ0) is 40.0. The highest BCUT2D eigenvalue weighted by Gasteiger charge is 2.25. The molecule has 1 fully saturated rings. The van der Waals surface area contributed by atoms with E-state index in [1.807, 2.05) is 121 Å². The predicted molar refractivity (Wildman–Crippen MR) is 238 cm³/mol. The number of rotatable bonds is 11. The molecule has 8 aromatic carbocycles. The fourth-order valence-corrected chi connectivity index (χ4v) is 7.91. The molecule has 1 aliphatic carbocycles. The van der Waals surface area contributed by atoms with Gasteiger partial charge in [0.05, 0.1) is 11.5 Å². The minimum atomic E-state index is -0.390. The van der Waals surface area contributed by atoms with Crippen molar-refractivity contribution in [2.45, 2.75) is 25.7 Å². The van der Waals surface area contributed by atoms with Gasteiger partial charge in [0.2, 0.25) is 0 Å². The number of hydrogen-bond acceptors (Lipinski definition) is 6. The molecule has 1 aliphatic rings. The van der Waals surface area contributed by atoms with Crippen molar-refractivity contribution in [1.82, 2.24) is 0 Å². The molecule has 0 amide bonds. The molecule has 6 heteroatoms. The average Bonchev–Trinajstić information content (AvgIpc) is 3.85. The van der Waals surface area contributed by atoms with Gasteiger partial charge in [0.15, 0.2) is 0 Å². The molecule has 1 saturated carbocycles. The lowest BCUT2D eigenvalue weighted by Gasteiger charge is -2.26. The van der Waals surface area contributed by atoms with Gasteiger partial charge in [-0.25, -0.2) is 4.79 Å². The van der Waals surface area contributed by atoms with Gasteiger partial charge in [0.25, 0.3) is 0 Å². The van der Waals surface area contributed by atoms with Gasteiger partial charge in [-0.1, -0.05) is 110 Å². The van der Waals surface area contributed by atoms with Crippen molar-refractivity contribution in [3.05, 3.63) is 206 Å². The Morgan fingerprint density at radius 1 is 0.407 bits per heavy atom. The second-order valence-corrected chi connectivity index (χ2v) is 14.7. The molecular formula is C53H42N2O4. The summed E-state index contributed by atoms with van der Waals surface area (Å²) in [5.41, 5.74) is 8.63. The molecule has 0 saturated heterocycles. The van der Waals surface area contributed by atoms with Crippen LogP contribution in [-0.4, -0.2) is 11.9 Å². The van der Waals surface area contributed by atoms with E-state index in [9.17, 15) is 9.59 Å². The minimum absolute atomic E-state index is 0.00708. The summed E-state index contributed by atoms with van der Waals surface area (Å²) in [7, 11) is 0. The zero-order valence-electron chi connectivity index (χ0n) is 32.5. The Morgan fingerprint density at radius 2 is 0.814 bits per heavy atom. The topological polar surface area (TPSA) is 59.1 Å². The smallest absolute Gasteiger partial charge is 0.344 e. The lowest BCUT2D eigenvalue weighted by atomic mass is 10.0. The number of esters is 2. The number of benzene rings is 8. The van der Waals surface area contributed by atoms with E-state index in [2.05, 4.69) is 82.6 Å². The minimum Gasteiger partial charge on any atom is -0.426 e. The van der Waals surface area contributed by atoms with Crippen LogP contribution in [0.4, 0.5) is 34.1 Å². The van der Waals surface area contributed by atoms with Crippen LogP contribution >= 0.6 is 0 Å². The van der Waals surface area contributed by atoms with Crippen molar-refractivity contribution < 1.29 is 19.1 Å². The van der Waals surface area contributed by atoms with E-state index in [4.69, 9.17) is 9.47 Å². The molecule has 0 unspecified atom stereocenters. The Morgan fingerprint density at radius 3 is 1.32 bits per heavy atom. The normalized spacial score (nSPS) is 12.5. The quantitative estimate of drug-likeness (QED) is 0.0964. The summed E-state index contributed by atoms with van der Waals surface area (Å²) in [5.74, 6) is 0.532. The number of anilines is 6. The SMILES string of the molecule is O=C(Oc1ccc(N(c2ccccc2)c2ccc(-c3ccc(N(c4ccccc4)c4ccc(OC(=O)C5CCCC5)cc4)cc3)cc2)cc1)c1cccc2ccccc12. The van der Waals surface area contributed by atoms with Gasteiger partial charge >= 0.3 is 11.9 Å². The fourth-order valence-electron chi connectivity index (χ4n) is 7.91. The molecule has 0 atom stereocenters. The van der Waals surface area contributed by atoms with Crippen LogP contribution in [0.3, 0.4) is 0 Å². The van der Waals surface area contributed by atoms with E-state index >= 15 is 0 Å². The monoisotopic (exact) mass is 770 g/mol. The van der Waals surface area contributed by atoms with Gasteiger partial charge < -0.3 is 19.3 Å².